The van der Waals surface area contributed by atoms with Crippen LogP contribution in [0.2, 0.25) is 0 Å². The number of hydroxylamine groups is 2. The summed E-state index contributed by atoms with van der Waals surface area (Å²) in [7, 11) is 1.58. The molecule has 0 saturated carbocycles. The molecule has 0 bridgehead atoms. The van der Waals surface area contributed by atoms with Crippen LogP contribution >= 0.6 is 0 Å². The first kappa shape index (κ1) is 14.7. The van der Waals surface area contributed by atoms with Gasteiger partial charge < -0.3 is 5.21 Å². The summed E-state index contributed by atoms with van der Waals surface area (Å²) in [6, 6.07) is 13.8. The zero-order chi connectivity index (χ0) is 16.5. The van der Waals surface area contributed by atoms with Gasteiger partial charge in [-0.3, -0.25) is 14.5 Å². The van der Waals surface area contributed by atoms with Gasteiger partial charge in [0.15, 0.2) is 11.6 Å². The van der Waals surface area contributed by atoms with Crippen LogP contribution in [0.5, 0.6) is 0 Å². The molecule has 0 atom stereocenters. The zero-order valence-corrected chi connectivity index (χ0v) is 13.2. The first-order valence-corrected chi connectivity index (χ1v) is 7.63. The molecule has 3 heterocycles. The van der Waals surface area contributed by atoms with E-state index in [2.05, 4.69) is 15.2 Å². The van der Waals surface area contributed by atoms with Crippen LogP contribution in [0.15, 0.2) is 53.7 Å². The summed E-state index contributed by atoms with van der Waals surface area (Å²) in [6.45, 7) is 0.684. The van der Waals surface area contributed by atoms with Crippen molar-refractivity contribution in [2.45, 2.75) is 13.1 Å². The Morgan fingerprint density at radius 1 is 1.12 bits per heavy atom. The Morgan fingerprint density at radius 2 is 1.96 bits per heavy atom. The maximum atomic E-state index is 9.59. The van der Waals surface area contributed by atoms with Gasteiger partial charge in [-0.15, -0.1) is 10.2 Å². The lowest BCUT2D eigenvalue weighted by Crippen LogP contribution is -2.17. The second-order valence-corrected chi connectivity index (χ2v) is 5.58. The fourth-order valence-electron chi connectivity index (χ4n) is 2.87. The van der Waals surface area contributed by atoms with Crippen molar-refractivity contribution in [1.29, 1.82) is 0 Å². The SMILES string of the molecule is CN(O)Cc1nnc2n1-c1ccccc1C(c1ccccn1)=NC2. The number of fused-ring (bicyclic) bond motifs is 3. The molecule has 0 aliphatic carbocycles. The quantitative estimate of drug-likeness (QED) is 0.745. The molecular weight excluding hydrogens is 304 g/mol. The highest BCUT2D eigenvalue weighted by Crippen LogP contribution is 2.25. The van der Waals surface area contributed by atoms with E-state index in [-0.39, 0.29) is 6.54 Å². The van der Waals surface area contributed by atoms with E-state index < -0.39 is 0 Å². The van der Waals surface area contributed by atoms with Crippen molar-refractivity contribution < 1.29 is 5.21 Å². The Morgan fingerprint density at radius 3 is 2.75 bits per heavy atom. The van der Waals surface area contributed by atoms with Crippen LogP contribution in [0, 0.1) is 0 Å². The highest BCUT2D eigenvalue weighted by atomic mass is 16.5. The molecule has 3 aromatic rings. The van der Waals surface area contributed by atoms with Gasteiger partial charge in [-0.1, -0.05) is 24.3 Å². The third kappa shape index (κ3) is 2.49. The Kier molecular flexibility index (Phi) is 3.64. The molecule has 0 amide bonds. The Bertz CT molecular complexity index is 900. The Hall–Kier alpha value is -2.90. The number of aromatic nitrogens is 4. The molecule has 0 radical (unpaired) electrons. The van der Waals surface area contributed by atoms with E-state index in [1.807, 2.05) is 47.0 Å². The lowest BCUT2D eigenvalue weighted by atomic mass is 10.0. The highest BCUT2D eigenvalue weighted by Gasteiger charge is 2.23. The van der Waals surface area contributed by atoms with Gasteiger partial charge in [0.1, 0.15) is 6.54 Å². The molecule has 1 aromatic carbocycles. The summed E-state index contributed by atoms with van der Waals surface area (Å²) in [6.07, 6.45) is 1.76. The van der Waals surface area contributed by atoms with Crippen LogP contribution < -0.4 is 0 Å². The van der Waals surface area contributed by atoms with Crippen molar-refractivity contribution in [3.8, 4) is 5.69 Å². The van der Waals surface area contributed by atoms with Crippen LogP contribution in [0.4, 0.5) is 0 Å². The molecule has 7 nitrogen and oxygen atoms in total. The summed E-state index contributed by atoms with van der Waals surface area (Å²) >= 11 is 0. The molecular formula is C17H16N6O. The van der Waals surface area contributed by atoms with Gasteiger partial charge in [-0.05, 0) is 18.2 Å². The number of pyridine rings is 1. The molecule has 1 aliphatic rings. The van der Waals surface area contributed by atoms with Crippen molar-refractivity contribution >= 4 is 5.71 Å². The summed E-state index contributed by atoms with van der Waals surface area (Å²) in [4.78, 5) is 9.16. The molecule has 1 N–H and O–H groups in total. The van der Waals surface area contributed by atoms with Crippen LogP contribution in [0.3, 0.4) is 0 Å². The van der Waals surface area contributed by atoms with E-state index in [9.17, 15) is 5.21 Å². The largest absolute Gasteiger partial charge is 0.314 e. The minimum absolute atomic E-state index is 0.278. The van der Waals surface area contributed by atoms with E-state index in [4.69, 9.17) is 4.99 Å². The predicted molar refractivity (Wildman–Crippen MR) is 88.2 cm³/mol. The number of rotatable bonds is 3. The average Bonchev–Trinajstić information content (AvgIpc) is 2.90. The predicted octanol–water partition coefficient (Wildman–Crippen LogP) is 1.83. The maximum Gasteiger partial charge on any atom is 0.159 e. The molecule has 4 rings (SSSR count). The Labute approximate surface area is 138 Å². The monoisotopic (exact) mass is 320 g/mol. The topological polar surface area (TPSA) is 79.4 Å². The van der Waals surface area contributed by atoms with Crippen molar-refractivity contribution in [1.82, 2.24) is 24.8 Å². The second-order valence-electron chi connectivity index (χ2n) is 5.58. The number of para-hydroxylation sites is 1. The van der Waals surface area contributed by atoms with Gasteiger partial charge in [0.25, 0.3) is 0 Å². The van der Waals surface area contributed by atoms with Crippen molar-refractivity contribution in [3.63, 3.8) is 0 Å². The van der Waals surface area contributed by atoms with Crippen molar-refractivity contribution in [2.75, 3.05) is 7.05 Å². The first-order chi connectivity index (χ1) is 11.7. The fraction of sp³-hybridized carbons (Fsp3) is 0.176. The van der Waals surface area contributed by atoms with E-state index in [0.29, 0.717) is 12.4 Å². The highest BCUT2D eigenvalue weighted by molar-refractivity contribution is 6.14. The van der Waals surface area contributed by atoms with E-state index in [1.165, 1.54) is 0 Å². The molecule has 7 heteroatoms. The summed E-state index contributed by atoms with van der Waals surface area (Å²) < 4.78 is 1.96. The minimum Gasteiger partial charge on any atom is -0.314 e. The van der Waals surface area contributed by atoms with Gasteiger partial charge in [0, 0.05) is 18.8 Å². The summed E-state index contributed by atoms with van der Waals surface area (Å²) in [5.74, 6) is 1.41. The normalized spacial score (nSPS) is 13.2. The summed E-state index contributed by atoms with van der Waals surface area (Å²) in [5.41, 5.74) is 3.57. The van der Waals surface area contributed by atoms with E-state index in [1.54, 1.807) is 13.2 Å². The third-order valence-corrected chi connectivity index (χ3v) is 3.85. The summed E-state index contributed by atoms with van der Waals surface area (Å²) in [5, 5.41) is 19.1. The minimum atomic E-state index is 0.278. The van der Waals surface area contributed by atoms with E-state index in [0.717, 1.165) is 33.5 Å². The number of hydrogen-bond acceptors (Lipinski definition) is 6. The Balaban J connectivity index is 1.91. The molecule has 120 valence electrons. The first-order valence-electron chi connectivity index (χ1n) is 7.63. The van der Waals surface area contributed by atoms with Crippen LogP contribution in [-0.4, -0.2) is 42.8 Å². The molecule has 1 aliphatic heterocycles. The standard InChI is InChI=1S/C17H16N6O/c1-22(24)11-16-21-20-15-10-19-17(13-7-4-5-9-18-13)12-6-2-3-8-14(12)23(15)16/h2-9,24H,10-11H2,1H3. The van der Waals surface area contributed by atoms with Gasteiger partial charge in [0.05, 0.1) is 23.6 Å². The number of nitrogens with zero attached hydrogens (tertiary/aromatic N) is 6. The van der Waals surface area contributed by atoms with E-state index >= 15 is 0 Å². The van der Waals surface area contributed by atoms with Crippen LogP contribution in [-0.2, 0) is 13.1 Å². The molecule has 0 saturated heterocycles. The number of hydrogen-bond donors (Lipinski definition) is 1. The van der Waals surface area contributed by atoms with Gasteiger partial charge in [-0.25, -0.2) is 0 Å². The molecule has 0 fully saturated rings. The molecule has 0 spiro atoms. The zero-order valence-electron chi connectivity index (χ0n) is 13.2. The number of benzene rings is 1. The lowest BCUT2D eigenvalue weighted by molar-refractivity contribution is -0.0754. The molecule has 2 aromatic heterocycles. The van der Waals surface area contributed by atoms with Crippen LogP contribution in [0.25, 0.3) is 5.69 Å². The van der Waals surface area contributed by atoms with Gasteiger partial charge in [-0.2, -0.15) is 5.06 Å². The maximum absolute atomic E-state index is 9.59. The van der Waals surface area contributed by atoms with Gasteiger partial charge in [0.2, 0.25) is 0 Å². The smallest absolute Gasteiger partial charge is 0.159 e. The number of aliphatic imine (C=N–C) groups is 1. The second kappa shape index (κ2) is 5.95. The van der Waals surface area contributed by atoms with Crippen LogP contribution in [0.1, 0.15) is 22.9 Å². The molecule has 0 unspecified atom stereocenters. The van der Waals surface area contributed by atoms with Crippen molar-refractivity contribution in [2.24, 2.45) is 4.99 Å². The third-order valence-electron chi connectivity index (χ3n) is 3.85. The lowest BCUT2D eigenvalue weighted by Gasteiger charge is -2.14. The van der Waals surface area contributed by atoms with Gasteiger partial charge >= 0.3 is 0 Å². The van der Waals surface area contributed by atoms with Crippen molar-refractivity contribution in [3.05, 3.63) is 71.6 Å². The fourth-order valence-corrected chi connectivity index (χ4v) is 2.87. The average molecular weight is 320 g/mol. The molecule has 24 heavy (non-hydrogen) atoms.